The number of fused-ring (bicyclic) bond motifs is 1. The van der Waals surface area contributed by atoms with Crippen LogP contribution in [0.5, 0.6) is 5.88 Å². The van der Waals surface area contributed by atoms with Crippen molar-refractivity contribution in [3.63, 3.8) is 0 Å². The highest BCUT2D eigenvalue weighted by molar-refractivity contribution is 7.99. The van der Waals surface area contributed by atoms with E-state index in [2.05, 4.69) is 4.98 Å². The zero-order valence-electron chi connectivity index (χ0n) is 13.2. The number of aromatic nitrogens is 2. The van der Waals surface area contributed by atoms with E-state index in [4.69, 9.17) is 4.74 Å². The fourth-order valence-electron chi connectivity index (χ4n) is 2.49. The monoisotopic (exact) mass is 345 g/mol. The predicted octanol–water partition coefficient (Wildman–Crippen LogP) is 1.96. The van der Waals surface area contributed by atoms with Gasteiger partial charge in [-0.05, 0) is 12.1 Å². The Bertz CT molecular complexity index is 864. The number of benzene rings is 1. The van der Waals surface area contributed by atoms with Crippen LogP contribution in [0.25, 0.3) is 0 Å². The van der Waals surface area contributed by atoms with Gasteiger partial charge in [0.15, 0.2) is 10.8 Å². The lowest BCUT2D eigenvalue weighted by Gasteiger charge is -2.22. The van der Waals surface area contributed by atoms with Crippen molar-refractivity contribution in [2.45, 2.75) is 25.5 Å². The van der Waals surface area contributed by atoms with Crippen molar-refractivity contribution in [2.24, 2.45) is 0 Å². The third-order valence-electron chi connectivity index (χ3n) is 3.42. The maximum absolute atomic E-state index is 12.9. The van der Waals surface area contributed by atoms with Gasteiger partial charge in [0.1, 0.15) is 0 Å². The second-order valence-corrected chi connectivity index (χ2v) is 6.20. The summed E-state index contributed by atoms with van der Waals surface area (Å²) in [7, 11) is 0. The van der Waals surface area contributed by atoms with Crippen molar-refractivity contribution in [2.75, 3.05) is 10.7 Å². The number of amides is 1. The molecule has 0 fully saturated rings. The number of para-hydroxylation sites is 1. The third-order valence-corrected chi connectivity index (χ3v) is 4.37. The first-order valence-electron chi connectivity index (χ1n) is 7.31. The summed E-state index contributed by atoms with van der Waals surface area (Å²) >= 11 is 1.41. The highest BCUT2D eigenvalue weighted by Gasteiger charge is 2.29. The predicted molar refractivity (Wildman–Crippen MR) is 89.8 cm³/mol. The van der Waals surface area contributed by atoms with Crippen molar-refractivity contribution in [3.05, 3.63) is 40.7 Å². The first-order chi connectivity index (χ1) is 11.5. The summed E-state index contributed by atoms with van der Waals surface area (Å²) in [5, 5.41) is 0.483. The smallest absolute Gasteiger partial charge is 0.309 e. The molecule has 0 unspecified atom stereocenters. The first kappa shape index (κ1) is 16.3. The third kappa shape index (κ3) is 2.92. The number of anilines is 2. The van der Waals surface area contributed by atoms with Crippen molar-refractivity contribution in [3.8, 4) is 5.88 Å². The van der Waals surface area contributed by atoms with Crippen LogP contribution in [0.4, 0.5) is 11.4 Å². The molecular weight excluding hydrogens is 330 g/mol. The summed E-state index contributed by atoms with van der Waals surface area (Å²) < 4.78 is 6.63. The van der Waals surface area contributed by atoms with E-state index in [0.29, 0.717) is 23.1 Å². The Morgan fingerprint density at radius 1 is 1.25 bits per heavy atom. The summed E-state index contributed by atoms with van der Waals surface area (Å²) in [6, 6.07) is 8.71. The van der Waals surface area contributed by atoms with Crippen molar-refractivity contribution in [1.82, 2.24) is 9.55 Å². The quantitative estimate of drug-likeness (QED) is 0.625. The van der Waals surface area contributed by atoms with Gasteiger partial charge in [-0.2, -0.15) is 4.98 Å². The Hall–Kier alpha value is -2.61. The van der Waals surface area contributed by atoms with Gasteiger partial charge in [0.05, 0.1) is 0 Å². The largest absolute Gasteiger partial charge is 0.405 e. The van der Waals surface area contributed by atoms with Crippen LogP contribution in [0.3, 0.4) is 0 Å². The van der Waals surface area contributed by atoms with E-state index in [9.17, 15) is 14.4 Å². The van der Waals surface area contributed by atoms with Crippen molar-refractivity contribution >= 4 is 35.0 Å². The van der Waals surface area contributed by atoms with E-state index < -0.39 is 11.5 Å². The van der Waals surface area contributed by atoms with Crippen LogP contribution in [0, 0.1) is 0 Å². The number of thioether (sulfide) groups is 1. The molecule has 24 heavy (non-hydrogen) atoms. The number of rotatable bonds is 3. The average Bonchev–Trinajstić information content (AvgIpc) is 2.99. The second-order valence-electron chi connectivity index (χ2n) is 5.14. The van der Waals surface area contributed by atoms with Gasteiger partial charge in [0.25, 0.3) is 11.4 Å². The SMILES string of the molecule is CC(=O)Oc1nc2n(c(=O)c1N(C(C)=O)c1ccccc1)CCS2. The first-order valence-corrected chi connectivity index (χ1v) is 8.29. The molecule has 8 heteroatoms. The number of carbonyl (C=O) groups excluding carboxylic acids is 2. The summed E-state index contributed by atoms with van der Waals surface area (Å²) in [5.41, 5.74) is 0.0546. The summed E-state index contributed by atoms with van der Waals surface area (Å²) in [4.78, 5) is 42.1. The molecule has 1 aromatic heterocycles. The molecule has 1 aromatic carbocycles. The zero-order chi connectivity index (χ0) is 17.3. The van der Waals surface area contributed by atoms with Crippen molar-refractivity contribution < 1.29 is 14.3 Å². The minimum Gasteiger partial charge on any atom is -0.405 e. The molecule has 1 aliphatic heterocycles. The molecule has 0 aliphatic carbocycles. The van der Waals surface area contributed by atoms with Gasteiger partial charge in [-0.3, -0.25) is 23.9 Å². The van der Waals surface area contributed by atoms with E-state index in [0.717, 1.165) is 0 Å². The minimum atomic E-state index is -0.604. The van der Waals surface area contributed by atoms with Gasteiger partial charge in [0, 0.05) is 31.8 Å². The van der Waals surface area contributed by atoms with E-state index in [1.807, 2.05) is 0 Å². The molecule has 0 N–H and O–H groups in total. The Balaban J connectivity index is 2.26. The van der Waals surface area contributed by atoms with Crippen LogP contribution in [0.2, 0.25) is 0 Å². The van der Waals surface area contributed by atoms with E-state index in [-0.39, 0.29) is 17.5 Å². The van der Waals surface area contributed by atoms with Gasteiger partial charge in [-0.15, -0.1) is 0 Å². The maximum atomic E-state index is 12.9. The van der Waals surface area contributed by atoms with Gasteiger partial charge in [-0.25, -0.2) is 0 Å². The Morgan fingerprint density at radius 2 is 1.96 bits per heavy atom. The van der Waals surface area contributed by atoms with E-state index in [1.165, 1.54) is 35.1 Å². The van der Waals surface area contributed by atoms with Crippen LogP contribution in [-0.4, -0.2) is 27.2 Å². The Labute approximate surface area is 142 Å². The summed E-state index contributed by atoms with van der Waals surface area (Å²) in [5.74, 6) is -0.420. The van der Waals surface area contributed by atoms with Gasteiger partial charge in [0.2, 0.25) is 5.91 Å². The Kier molecular flexibility index (Phi) is 4.39. The molecule has 0 saturated heterocycles. The summed E-state index contributed by atoms with van der Waals surface area (Å²) in [6.45, 7) is 3.07. The molecule has 3 rings (SSSR count). The number of nitrogens with zero attached hydrogens (tertiary/aromatic N) is 3. The zero-order valence-corrected chi connectivity index (χ0v) is 14.0. The lowest BCUT2D eigenvalue weighted by molar-refractivity contribution is -0.132. The number of ether oxygens (including phenoxy) is 1. The molecular formula is C16H15N3O4S. The Morgan fingerprint density at radius 3 is 2.58 bits per heavy atom. The average molecular weight is 345 g/mol. The molecule has 0 atom stereocenters. The lowest BCUT2D eigenvalue weighted by atomic mass is 10.2. The molecule has 0 spiro atoms. The molecule has 0 bridgehead atoms. The number of hydrogen-bond donors (Lipinski definition) is 0. The molecule has 124 valence electrons. The summed E-state index contributed by atoms with van der Waals surface area (Å²) in [6.07, 6.45) is 0. The van der Waals surface area contributed by atoms with Gasteiger partial charge >= 0.3 is 5.97 Å². The topological polar surface area (TPSA) is 81.5 Å². The normalized spacial score (nSPS) is 12.6. The van der Waals surface area contributed by atoms with E-state index in [1.54, 1.807) is 30.3 Å². The van der Waals surface area contributed by atoms with Crippen LogP contribution in [0.15, 0.2) is 40.3 Å². The molecule has 0 radical (unpaired) electrons. The molecule has 2 heterocycles. The van der Waals surface area contributed by atoms with Gasteiger partial charge < -0.3 is 4.74 Å². The van der Waals surface area contributed by atoms with Crippen molar-refractivity contribution in [1.29, 1.82) is 0 Å². The minimum absolute atomic E-state index is 0.0462. The molecule has 1 amide bonds. The highest BCUT2D eigenvalue weighted by atomic mass is 32.2. The maximum Gasteiger partial charge on any atom is 0.309 e. The fraction of sp³-hybridized carbons (Fsp3) is 0.250. The molecule has 0 saturated carbocycles. The molecule has 7 nitrogen and oxygen atoms in total. The van der Waals surface area contributed by atoms with E-state index >= 15 is 0 Å². The number of hydrogen-bond acceptors (Lipinski definition) is 6. The highest BCUT2D eigenvalue weighted by Crippen LogP contribution is 2.33. The lowest BCUT2D eigenvalue weighted by Crippen LogP contribution is -2.33. The number of esters is 1. The van der Waals surface area contributed by atoms with Gasteiger partial charge in [-0.1, -0.05) is 30.0 Å². The molecule has 1 aliphatic rings. The molecule has 2 aromatic rings. The fourth-order valence-corrected chi connectivity index (χ4v) is 3.42. The number of carbonyl (C=O) groups is 2. The second kappa shape index (κ2) is 6.48. The van der Waals surface area contributed by atoms with Crippen LogP contribution in [0.1, 0.15) is 13.8 Å². The van der Waals surface area contributed by atoms with Crippen LogP contribution < -0.4 is 15.2 Å². The standard InChI is InChI=1S/C16H15N3O4S/c1-10(20)19(12-6-4-3-5-7-12)13-14(23-11(2)21)17-16-18(15(13)22)8-9-24-16/h3-7H,8-9H2,1-2H3. The van der Waals surface area contributed by atoms with Crippen LogP contribution >= 0.6 is 11.8 Å². The van der Waals surface area contributed by atoms with Crippen LogP contribution in [-0.2, 0) is 16.1 Å².